The molecule has 7 nitrogen and oxygen atoms in total. The number of hydrogen-bond acceptors (Lipinski definition) is 6. The number of unbranched alkanes of at least 4 members (excludes halogenated alkanes) is 2. The van der Waals surface area contributed by atoms with Crippen LogP contribution in [0.25, 0.3) is 0 Å². The normalized spacial score (nSPS) is 10.3. The number of nitro groups is 1. The summed E-state index contributed by atoms with van der Waals surface area (Å²) in [5.74, 6) is -1.03. The number of nitrogens with zero attached hydrogens (tertiary/aromatic N) is 1. The second kappa shape index (κ2) is 9.43. The monoisotopic (exact) mass is 357 g/mol. The maximum absolute atomic E-state index is 12.5. The van der Waals surface area contributed by atoms with Gasteiger partial charge in [0.2, 0.25) is 0 Å². The van der Waals surface area contributed by atoms with E-state index in [1.807, 2.05) is 0 Å². The van der Waals surface area contributed by atoms with Gasteiger partial charge in [-0.15, -0.1) is 0 Å². The maximum Gasteiger partial charge on any atom is 0.373 e. The Morgan fingerprint density at radius 3 is 2.35 bits per heavy atom. The maximum atomic E-state index is 12.5. The Bertz CT molecular complexity index is 785. The van der Waals surface area contributed by atoms with Gasteiger partial charge < -0.3 is 0 Å². The summed E-state index contributed by atoms with van der Waals surface area (Å²) in [7, 11) is 0. The molecule has 0 aromatic heterocycles. The SMILES string of the molecule is CCCCCOOC(=O)c1cccc(C(=O)c2ccc([N+](=O)[O-])cc2)c1. The molecular formula is C19H19NO6. The minimum atomic E-state index is -0.681. The van der Waals surface area contributed by atoms with Crippen molar-refractivity contribution in [3.63, 3.8) is 0 Å². The van der Waals surface area contributed by atoms with Crippen molar-refractivity contribution in [2.45, 2.75) is 26.2 Å². The van der Waals surface area contributed by atoms with Crippen LogP contribution in [0.1, 0.15) is 52.5 Å². The molecule has 0 N–H and O–H groups in total. The molecule has 0 aliphatic rings. The number of carbonyl (C=O) groups excluding carboxylic acids is 2. The topological polar surface area (TPSA) is 95.7 Å². The van der Waals surface area contributed by atoms with Gasteiger partial charge in [0.25, 0.3) is 5.69 Å². The highest BCUT2D eigenvalue weighted by molar-refractivity contribution is 6.10. The summed E-state index contributed by atoms with van der Waals surface area (Å²) in [6.07, 6.45) is 2.81. The highest BCUT2D eigenvalue weighted by Crippen LogP contribution is 2.16. The van der Waals surface area contributed by atoms with E-state index in [4.69, 9.17) is 9.78 Å². The molecule has 0 aliphatic heterocycles. The van der Waals surface area contributed by atoms with Crippen molar-refractivity contribution in [1.29, 1.82) is 0 Å². The summed E-state index contributed by atoms with van der Waals surface area (Å²) < 4.78 is 0. The largest absolute Gasteiger partial charge is 0.373 e. The van der Waals surface area contributed by atoms with Crippen LogP contribution in [0.2, 0.25) is 0 Å². The van der Waals surface area contributed by atoms with Crippen molar-refractivity contribution in [1.82, 2.24) is 0 Å². The molecule has 0 radical (unpaired) electrons. The number of carbonyl (C=O) groups is 2. The predicted molar refractivity (Wildman–Crippen MR) is 93.9 cm³/mol. The van der Waals surface area contributed by atoms with Crippen LogP contribution in [0, 0.1) is 10.1 Å². The van der Waals surface area contributed by atoms with Crippen molar-refractivity contribution < 1.29 is 24.3 Å². The smallest absolute Gasteiger partial charge is 0.293 e. The highest BCUT2D eigenvalue weighted by atomic mass is 17.2. The van der Waals surface area contributed by atoms with Crippen LogP contribution >= 0.6 is 0 Å². The average Bonchev–Trinajstić information content (AvgIpc) is 2.67. The van der Waals surface area contributed by atoms with E-state index in [9.17, 15) is 19.7 Å². The first-order valence-corrected chi connectivity index (χ1v) is 8.26. The zero-order valence-corrected chi connectivity index (χ0v) is 14.3. The van der Waals surface area contributed by atoms with Gasteiger partial charge in [-0.2, -0.15) is 4.89 Å². The molecule has 7 heteroatoms. The van der Waals surface area contributed by atoms with E-state index in [1.165, 1.54) is 36.4 Å². The van der Waals surface area contributed by atoms with Crippen LogP contribution in [0.15, 0.2) is 48.5 Å². The first-order valence-electron chi connectivity index (χ1n) is 8.26. The Kier molecular flexibility index (Phi) is 6.99. The lowest BCUT2D eigenvalue weighted by Crippen LogP contribution is -2.09. The molecule has 0 heterocycles. The molecule has 0 bridgehead atoms. The lowest BCUT2D eigenvalue weighted by molar-refractivity contribution is -0.384. The molecule has 26 heavy (non-hydrogen) atoms. The minimum Gasteiger partial charge on any atom is -0.293 e. The number of hydrogen-bond donors (Lipinski definition) is 0. The van der Waals surface area contributed by atoms with E-state index in [-0.39, 0.29) is 28.2 Å². The van der Waals surface area contributed by atoms with Gasteiger partial charge >= 0.3 is 5.97 Å². The van der Waals surface area contributed by atoms with Gasteiger partial charge in [-0.3, -0.25) is 19.8 Å². The highest BCUT2D eigenvalue weighted by Gasteiger charge is 2.15. The number of ketones is 1. The molecule has 0 aliphatic carbocycles. The summed E-state index contributed by atoms with van der Waals surface area (Å²) in [6.45, 7) is 2.38. The van der Waals surface area contributed by atoms with Crippen LogP contribution in [0.5, 0.6) is 0 Å². The Morgan fingerprint density at radius 2 is 1.69 bits per heavy atom. The predicted octanol–water partition coefficient (Wildman–Crippen LogP) is 4.10. The first kappa shape index (κ1) is 19.3. The molecule has 2 rings (SSSR count). The summed E-state index contributed by atoms with van der Waals surface area (Å²) in [6, 6.07) is 11.3. The van der Waals surface area contributed by atoms with Crippen LogP contribution in [0.3, 0.4) is 0 Å². The third-order valence-corrected chi connectivity index (χ3v) is 3.67. The Balaban J connectivity index is 2.04. The lowest BCUT2D eigenvalue weighted by atomic mass is 10.0. The molecule has 2 aromatic carbocycles. The van der Waals surface area contributed by atoms with Gasteiger partial charge in [-0.05, 0) is 30.7 Å². The fraction of sp³-hybridized carbons (Fsp3) is 0.263. The van der Waals surface area contributed by atoms with Gasteiger partial charge in [0.15, 0.2) is 5.78 Å². The minimum absolute atomic E-state index is 0.0981. The van der Waals surface area contributed by atoms with Crippen LogP contribution < -0.4 is 0 Å². The zero-order chi connectivity index (χ0) is 18.9. The number of benzene rings is 2. The first-order chi connectivity index (χ1) is 12.5. The quantitative estimate of drug-likeness (QED) is 0.220. The molecule has 0 unspecified atom stereocenters. The van der Waals surface area contributed by atoms with Gasteiger partial charge in [0.05, 0.1) is 17.1 Å². The number of non-ortho nitro benzene ring substituents is 1. The van der Waals surface area contributed by atoms with Crippen LogP contribution in [0.4, 0.5) is 5.69 Å². The summed E-state index contributed by atoms with van der Waals surface area (Å²) in [5, 5.41) is 10.7. The fourth-order valence-electron chi connectivity index (χ4n) is 2.24. The van der Waals surface area contributed by atoms with Gasteiger partial charge in [0, 0.05) is 23.3 Å². The Labute approximate surface area is 150 Å². The van der Waals surface area contributed by atoms with Gasteiger partial charge in [0.1, 0.15) is 0 Å². The molecular weight excluding hydrogens is 338 g/mol. The average molecular weight is 357 g/mol. The second-order valence-electron chi connectivity index (χ2n) is 5.61. The van der Waals surface area contributed by atoms with Gasteiger partial charge in [-0.25, -0.2) is 4.79 Å². The van der Waals surface area contributed by atoms with Crippen LogP contribution in [-0.2, 0) is 9.78 Å². The zero-order valence-electron chi connectivity index (χ0n) is 14.3. The van der Waals surface area contributed by atoms with Crippen molar-refractivity contribution in [3.8, 4) is 0 Å². The van der Waals surface area contributed by atoms with Crippen molar-refractivity contribution >= 4 is 17.4 Å². The Hall–Kier alpha value is -3.06. The third kappa shape index (κ3) is 5.22. The summed E-state index contributed by atoms with van der Waals surface area (Å²) in [4.78, 5) is 44.2. The molecule has 0 saturated heterocycles. The van der Waals surface area contributed by atoms with E-state index in [1.54, 1.807) is 12.1 Å². The molecule has 0 amide bonds. The molecule has 136 valence electrons. The Morgan fingerprint density at radius 1 is 1.00 bits per heavy atom. The van der Waals surface area contributed by atoms with Crippen LogP contribution in [-0.4, -0.2) is 23.3 Å². The van der Waals surface area contributed by atoms with E-state index in [2.05, 4.69) is 6.92 Å². The van der Waals surface area contributed by atoms with Crippen molar-refractivity contribution in [2.75, 3.05) is 6.61 Å². The van der Waals surface area contributed by atoms with E-state index < -0.39 is 10.9 Å². The van der Waals surface area contributed by atoms with E-state index in [0.29, 0.717) is 6.61 Å². The number of rotatable bonds is 9. The molecule has 0 atom stereocenters. The van der Waals surface area contributed by atoms with E-state index >= 15 is 0 Å². The number of nitro benzene ring substituents is 1. The standard InChI is InChI=1S/C19H19NO6/c1-2-3-4-12-25-26-19(22)16-7-5-6-15(13-16)18(21)14-8-10-17(11-9-14)20(23)24/h5-11,13H,2-4,12H2,1H3. The molecule has 2 aromatic rings. The third-order valence-electron chi connectivity index (χ3n) is 3.67. The van der Waals surface area contributed by atoms with Gasteiger partial charge in [-0.1, -0.05) is 31.9 Å². The summed E-state index contributed by atoms with van der Waals surface area (Å²) >= 11 is 0. The fourth-order valence-corrected chi connectivity index (χ4v) is 2.24. The molecule has 0 spiro atoms. The summed E-state index contributed by atoms with van der Waals surface area (Å²) in [5.41, 5.74) is 0.656. The second-order valence-corrected chi connectivity index (χ2v) is 5.61. The van der Waals surface area contributed by atoms with Crippen molar-refractivity contribution in [2.24, 2.45) is 0 Å². The molecule has 0 fully saturated rings. The molecule has 0 saturated carbocycles. The lowest BCUT2D eigenvalue weighted by Gasteiger charge is -2.05. The van der Waals surface area contributed by atoms with E-state index in [0.717, 1.165) is 19.3 Å². The van der Waals surface area contributed by atoms with Crippen molar-refractivity contribution in [3.05, 3.63) is 75.3 Å².